The zero-order valence-corrected chi connectivity index (χ0v) is 22.7. The highest BCUT2D eigenvalue weighted by Gasteiger charge is 2.33. The van der Waals surface area contributed by atoms with Crippen LogP contribution in [0.2, 0.25) is 0 Å². The molecule has 0 saturated carbocycles. The van der Waals surface area contributed by atoms with Crippen LogP contribution in [0.25, 0.3) is 0 Å². The molecule has 3 amide bonds. The summed E-state index contributed by atoms with van der Waals surface area (Å²) in [5, 5.41) is 9.98. The first-order valence-electron chi connectivity index (χ1n) is 12.2. The van der Waals surface area contributed by atoms with Gasteiger partial charge in [0.2, 0.25) is 11.7 Å². The van der Waals surface area contributed by atoms with E-state index >= 15 is 0 Å². The van der Waals surface area contributed by atoms with E-state index in [-0.39, 0.29) is 36.1 Å². The van der Waals surface area contributed by atoms with E-state index in [0.29, 0.717) is 48.9 Å². The lowest BCUT2D eigenvalue weighted by molar-refractivity contribution is -0.141. The molecule has 1 fully saturated rings. The number of nitrogens with one attached hydrogen (secondary N) is 1. The summed E-state index contributed by atoms with van der Waals surface area (Å²) in [6.07, 6.45) is 1.25. The Morgan fingerprint density at radius 1 is 0.973 bits per heavy atom. The fourth-order valence-electron chi connectivity index (χ4n) is 4.14. The third kappa shape index (κ3) is 6.33. The van der Waals surface area contributed by atoms with Crippen LogP contribution in [0.4, 0.5) is 0 Å². The maximum absolute atomic E-state index is 13.2. The summed E-state index contributed by atoms with van der Waals surface area (Å²) in [5.74, 6) is 0.591. The standard InChI is InChI=1S/C26H37N5O6/c1-26(2,3)21-15-18(29(4)28-21)25(34)31-12-8-11-30(31)23(33)16-27-22(32)10-9-17-13-19(35-5)24(37-7)20(14-17)36-6/h13-15H,8-12,16H2,1-7H3,(H,27,32). The van der Waals surface area contributed by atoms with E-state index in [4.69, 9.17) is 14.2 Å². The molecule has 1 aliphatic heterocycles. The molecule has 1 aromatic heterocycles. The van der Waals surface area contributed by atoms with Crippen LogP contribution in [0.5, 0.6) is 17.2 Å². The van der Waals surface area contributed by atoms with E-state index in [1.54, 1.807) is 29.9 Å². The van der Waals surface area contributed by atoms with Crippen LogP contribution in [0.3, 0.4) is 0 Å². The normalized spacial score (nSPS) is 13.5. The van der Waals surface area contributed by atoms with E-state index in [1.807, 2.05) is 20.8 Å². The number of carbonyl (C=O) groups excluding carboxylic acids is 3. The first-order valence-corrected chi connectivity index (χ1v) is 12.2. The van der Waals surface area contributed by atoms with Crippen LogP contribution >= 0.6 is 0 Å². The van der Waals surface area contributed by atoms with Crippen molar-refractivity contribution < 1.29 is 28.6 Å². The molecule has 0 atom stereocenters. The van der Waals surface area contributed by atoms with E-state index in [0.717, 1.165) is 11.3 Å². The highest BCUT2D eigenvalue weighted by Crippen LogP contribution is 2.38. The minimum Gasteiger partial charge on any atom is -0.493 e. The van der Waals surface area contributed by atoms with Gasteiger partial charge in [0.15, 0.2) is 11.5 Å². The Labute approximate surface area is 217 Å². The maximum atomic E-state index is 13.2. The molecule has 1 saturated heterocycles. The van der Waals surface area contributed by atoms with Crippen LogP contribution in [0.15, 0.2) is 18.2 Å². The van der Waals surface area contributed by atoms with E-state index in [1.165, 1.54) is 31.3 Å². The lowest BCUT2D eigenvalue weighted by Crippen LogP contribution is -2.49. The first-order chi connectivity index (χ1) is 17.5. The summed E-state index contributed by atoms with van der Waals surface area (Å²) in [6, 6.07) is 5.35. The predicted octanol–water partition coefficient (Wildman–Crippen LogP) is 2.08. The highest BCUT2D eigenvalue weighted by atomic mass is 16.5. The molecule has 0 spiro atoms. The average Bonchev–Trinajstić information content (AvgIpc) is 3.52. The Morgan fingerprint density at radius 3 is 2.14 bits per heavy atom. The highest BCUT2D eigenvalue weighted by molar-refractivity contribution is 5.95. The molecule has 1 aromatic carbocycles. The van der Waals surface area contributed by atoms with Crippen molar-refractivity contribution in [3.63, 3.8) is 0 Å². The van der Waals surface area contributed by atoms with E-state index in [2.05, 4.69) is 10.4 Å². The summed E-state index contributed by atoms with van der Waals surface area (Å²) < 4.78 is 17.6. The van der Waals surface area contributed by atoms with Crippen molar-refractivity contribution in [3.05, 3.63) is 35.2 Å². The Balaban J connectivity index is 1.58. The molecule has 0 unspecified atom stereocenters. The molecule has 0 aliphatic carbocycles. The van der Waals surface area contributed by atoms with Crippen molar-refractivity contribution in [2.45, 2.75) is 45.4 Å². The number of ether oxygens (including phenoxy) is 3. The average molecular weight is 516 g/mol. The second-order valence-corrected chi connectivity index (χ2v) is 9.90. The summed E-state index contributed by atoms with van der Waals surface area (Å²) in [5.41, 5.74) is 1.84. The fourth-order valence-corrected chi connectivity index (χ4v) is 4.14. The van der Waals surface area contributed by atoms with Crippen molar-refractivity contribution >= 4 is 17.7 Å². The second-order valence-electron chi connectivity index (χ2n) is 9.90. The molecule has 11 heteroatoms. The molecule has 0 bridgehead atoms. The van der Waals surface area contributed by atoms with Crippen molar-refractivity contribution in [2.75, 3.05) is 41.0 Å². The molecule has 11 nitrogen and oxygen atoms in total. The number of hydrogen-bond donors (Lipinski definition) is 1. The quantitative estimate of drug-likeness (QED) is 0.544. The number of carbonyl (C=O) groups is 3. The minimum absolute atomic E-state index is 0.166. The van der Waals surface area contributed by atoms with Crippen LogP contribution in [0, 0.1) is 0 Å². The van der Waals surface area contributed by atoms with Crippen LogP contribution in [-0.2, 0) is 28.5 Å². The monoisotopic (exact) mass is 515 g/mol. The van der Waals surface area contributed by atoms with Crippen LogP contribution in [0.1, 0.15) is 55.4 Å². The van der Waals surface area contributed by atoms with Gasteiger partial charge >= 0.3 is 0 Å². The van der Waals surface area contributed by atoms with Gasteiger partial charge in [-0.1, -0.05) is 20.8 Å². The molecule has 37 heavy (non-hydrogen) atoms. The summed E-state index contributed by atoms with van der Waals surface area (Å²) in [4.78, 5) is 38.6. The van der Waals surface area contributed by atoms with Crippen molar-refractivity contribution in [3.8, 4) is 17.2 Å². The number of hydrazine groups is 1. The summed E-state index contributed by atoms with van der Waals surface area (Å²) in [7, 11) is 6.31. The Kier molecular flexibility index (Phi) is 8.67. The van der Waals surface area contributed by atoms with Gasteiger partial charge < -0.3 is 19.5 Å². The molecule has 3 rings (SSSR count). The predicted molar refractivity (Wildman–Crippen MR) is 137 cm³/mol. The number of aryl methyl sites for hydroxylation is 2. The SMILES string of the molecule is COc1cc(CCC(=O)NCC(=O)N2CCCN2C(=O)c2cc(C(C)(C)C)nn2C)cc(OC)c1OC. The van der Waals surface area contributed by atoms with Gasteiger partial charge in [0, 0.05) is 32.0 Å². The summed E-state index contributed by atoms with van der Waals surface area (Å²) >= 11 is 0. The van der Waals surface area contributed by atoms with Crippen LogP contribution in [-0.4, -0.2) is 78.5 Å². The van der Waals surface area contributed by atoms with Gasteiger partial charge in [-0.15, -0.1) is 0 Å². The Hall–Kier alpha value is -3.76. The third-order valence-corrected chi connectivity index (χ3v) is 6.22. The number of nitrogens with zero attached hydrogens (tertiary/aromatic N) is 4. The maximum Gasteiger partial charge on any atom is 0.290 e. The lowest BCUT2D eigenvalue weighted by Gasteiger charge is -2.27. The van der Waals surface area contributed by atoms with E-state index in [9.17, 15) is 14.4 Å². The number of amides is 3. The van der Waals surface area contributed by atoms with Crippen LogP contribution < -0.4 is 19.5 Å². The number of hydrogen-bond acceptors (Lipinski definition) is 7. The number of aromatic nitrogens is 2. The van der Waals surface area contributed by atoms with Gasteiger partial charge in [-0.05, 0) is 36.6 Å². The van der Waals surface area contributed by atoms with Gasteiger partial charge in [-0.2, -0.15) is 5.10 Å². The van der Waals surface area contributed by atoms with Crippen molar-refractivity contribution in [1.29, 1.82) is 0 Å². The zero-order valence-electron chi connectivity index (χ0n) is 22.7. The number of benzene rings is 1. The smallest absolute Gasteiger partial charge is 0.290 e. The molecular weight excluding hydrogens is 478 g/mol. The summed E-state index contributed by atoms with van der Waals surface area (Å²) in [6.45, 7) is 6.72. The molecule has 1 aliphatic rings. The van der Waals surface area contributed by atoms with Crippen molar-refractivity contribution in [1.82, 2.24) is 25.1 Å². The minimum atomic E-state index is -0.342. The second kappa shape index (κ2) is 11.5. The molecular formula is C26H37N5O6. The molecule has 202 valence electrons. The number of methoxy groups -OCH3 is 3. The Morgan fingerprint density at radius 2 is 1.59 bits per heavy atom. The molecule has 0 radical (unpaired) electrons. The molecule has 2 aromatic rings. The lowest BCUT2D eigenvalue weighted by atomic mass is 9.92. The van der Waals surface area contributed by atoms with E-state index < -0.39 is 0 Å². The van der Waals surface area contributed by atoms with Gasteiger partial charge in [0.25, 0.3) is 11.8 Å². The van der Waals surface area contributed by atoms with Gasteiger partial charge in [0.1, 0.15) is 5.69 Å². The third-order valence-electron chi connectivity index (χ3n) is 6.22. The molecule has 1 N–H and O–H groups in total. The van der Waals surface area contributed by atoms with Crippen molar-refractivity contribution in [2.24, 2.45) is 7.05 Å². The largest absolute Gasteiger partial charge is 0.493 e. The topological polar surface area (TPSA) is 115 Å². The molecule has 2 heterocycles. The van der Waals surface area contributed by atoms with Gasteiger partial charge in [-0.3, -0.25) is 19.1 Å². The van der Waals surface area contributed by atoms with Gasteiger partial charge in [0.05, 0.1) is 33.6 Å². The first kappa shape index (κ1) is 27.8. The number of rotatable bonds is 9. The van der Waals surface area contributed by atoms with Gasteiger partial charge in [-0.25, -0.2) is 10.0 Å². The zero-order chi connectivity index (χ0) is 27.3. The fraction of sp³-hybridized carbons (Fsp3) is 0.538. The Bertz CT molecular complexity index is 1130.